The molecule has 3 aromatic rings. The summed E-state index contributed by atoms with van der Waals surface area (Å²) in [6.07, 6.45) is 0. The number of pyridine rings is 1. The van der Waals surface area contributed by atoms with E-state index in [1.54, 1.807) is 0 Å². The van der Waals surface area contributed by atoms with E-state index in [2.05, 4.69) is 4.98 Å². The van der Waals surface area contributed by atoms with Crippen molar-refractivity contribution in [3.8, 4) is 11.1 Å². The van der Waals surface area contributed by atoms with E-state index in [9.17, 15) is 4.39 Å². The van der Waals surface area contributed by atoms with Crippen LogP contribution in [-0.4, -0.2) is 4.98 Å². The van der Waals surface area contributed by atoms with Crippen molar-refractivity contribution in [2.75, 3.05) is 0 Å². The Morgan fingerprint density at radius 3 is 2.50 bits per heavy atom. The molecule has 0 bridgehead atoms. The van der Waals surface area contributed by atoms with E-state index in [0.29, 0.717) is 5.52 Å². The number of fused-ring (bicyclic) bond motifs is 1. The van der Waals surface area contributed by atoms with Crippen LogP contribution in [0.2, 0.25) is 0 Å². The molecule has 0 spiro atoms. The van der Waals surface area contributed by atoms with Crippen molar-refractivity contribution in [3.05, 3.63) is 66.1 Å². The Kier molecular flexibility index (Phi) is 2.56. The van der Waals surface area contributed by atoms with Crippen molar-refractivity contribution >= 4 is 10.9 Å². The van der Waals surface area contributed by atoms with E-state index in [1.807, 2.05) is 55.5 Å². The number of halogens is 1. The Labute approximate surface area is 105 Å². The summed E-state index contributed by atoms with van der Waals surface area (Å²) in [7, 11) is 0. The van der Waals surface area contributed by atoms with Crippen LogP contribution in [0.15, 0.2) is 54.6 Å². The number of hydrogen-bond acceptors (Lipinski definition) is 1. The molecule has 2 heteroatoms. The van der Waals surface area contributed by atoms with Crippen molar-refractivity contribution in [1.82, 2.24) is 4.98 Å². The number of nitrogens with zero attached hydrogens (tertiary/aromatic N) is 1. The van der Waals surface area contributed by atoms with Crippen LogP contribution >= 0.6 is 0 Å². The summed E-state index contributed by atoms with van der Waals surface area (Å²) in [4.78, 5) is 3.96. The lowest BCUT2D eigenvalue weighted by atomic mass is 10.0. The Hall–Kier alpha value is -2.22. The predicted molar refractivity (Wildman–Crippen MR) is 71.9 cm³/mol. The third kappa shape index (κ3) is 1.86. The second-order valence-electron chi connectivity index (χ2n) is 4.38. The van der Waals surface area contributed by atoms with E-state index in [4.69, 9.17) is 0 Å². The lowest BCUT2D eigenvalue weighted by Crippen LogP contribution is -1.89. The van der Waals surface area contributed by atoms with E-state index in [1.165, 1.54) is 6.07 Å². The van der Waals surface area contributed by atoms with Gasteiger partial charge in [0, 0.05) is 11.5 Å². The number of hydrogen-bond donors (Lipinski definition) is 0. The molecule has 0 aliphatic heterocycles. The SMILES string of the molecule is Cc1ccc2c(-c3ccccc3)cc(F)nc2c1. The maximum Gasteiger partial charge on any atom is 0.214 e. The van der Waals surface area contributed by atoms with Crippen LogP contribution in [0, 0.1) is 12.9 Å². The van der Waals surface area contributed by atoms with Gasteiger partial charge in [0.15, 0.2) is 0 Å². The maximum absolute atomic E-state index is 13.6. The Morgan fingerprint density at radius 1 is 0.944 bits per heavy atom. The molecule has 18 heavy (non-hydrogen) atoms. The zero-order valence-corrected chi connectivity index (χ0v) is 10.0. The number of rotatable bonds is 1. The first-order valence-electron chi connectivity index (χ1n) is 5.86. The zero-order valence-electron chi connectivity index (χ0n) is 10.0. The summed E-state index contributed by atoms with van der Waals surface area (Å²) in [5.74, 6) is -0.438. The molecular weight excluding hydrogens is 225 g/mol. The first-order valence-corrected chi connectivity index (χ1v) is 5.86. The number of aromatic nitrogens is 1. The summed E-state index contributed by atoms with van der Waals surface area (Å²) < 4.78 is 13.6. The second-order valence-corrected chi connectivity index (χ2v) is 4.38. The van der Waals surface area contributed by atoms with E-state index >= 15 is 0 Å². The average Bonchev–Trinajstić information content (AvgIpc) is 2.38. The molecule has 0 aliphatic carbocycles. The first kappa shape index (κ1) is 10.9. The summed E-state index contributed by atoms with van der Waals surface area (Å²) in [5.41, 5.74) is 3.68. The van der Waals surface area contributed by atoms with Gasteiger partial charge in [-0.3, -0.25) is 0 Å². The smallest absolute Gasteiger partial charge is 0.214 e. The van der Waals surface area contributed by atoms with Gasteiger partial charge < -0.3 is 0 Å². The maximum atomic E-state index is 13.6. The Bertz CT molecular complexity index is 700. The third-order valence-corrected chi connectivity index (χ3v) is 3.02. The van der Waals surface area contributed by atoms with Crippen LogP contribution in [0.5, 0.6) is 0 Å². The van der Waals surface area contributed by atoms with Crippen molar-refractivity contribution in [1.29, 1.82) is 0 Å². The van der Waals surface area contributed by atoms with Gasteiger partial charge in [-0.15, -0.1) is 0 Å². The minimum absolute atomic E-state index is 0.438. The largest absolute Gasteiger partial charge is 0.220 e. The molecule has 0 atom stereocenters. The van der Waals surface area contributed by atoms with Crippen molar-refractivity contribution in [2.45, 2.75) is 6.92 Å². The lowest BCUT2D eigenvalue weighted by Gasteiger charge is -2.07. The minimum atomic E-state index is -0.438. The van der Waals surface area contributed by atoms with Crippen LogP contribution < -0.4 is 0 Å². The van der Waals surface area contributed by atoms with Crippen LogP contribution in [0.3, 0.4) is 0 Å². The highest BCUT2D eigenvalue weighted by Gasteiger charge is 2.07. The minimum Gasteiger partial charge on any atom is -0.220 e. The molecule has 0 unspecified atom stereocenters. The summed E-state index contributed by atoms with van der Waals surface area (Å²) >= 11 is 0. The molecule has 0 aliphatic rings. The lowest BCUT2D eigenvalue weighted by molar-refractivity contribution is 0.589. The van der Waals surface area contributed by atoms with Crippen molar-refractivity contribution in [3.63, 3.8) is 0 Å². The highest BCUT2D eigenvalue weighted by molar-refractivity contribution is 5.94. The molecule has 0 N–H and O–H groups in total. The van der Waals surface area contributed by atoms with Crippen LogP contribution in [-0.2, 0) is 0 Å². The van der Waals surface area contributed by atoms with Gasteiger partial charge in [-0.2, -0.15) is 4.39 Å². The summed E-state index contributed by atoms with van der Waals surface area (Å²) in [5, 5.41) is 0.980. The molecule has 1 nitrogen and oxygen atoms in total. The van der Waals surface area contributed by atoms with Crippen LogP contribution in [0.1, 0.15) is 5.56 Å². The highest BCUT2D eigenvalue weighted by atomic mass is 19.1. The van der Waals surface area contributed by atoms with Gasteiger partial charge in [0.25, 0.3) is 0 Å². The van der Waals surface area contributed by atoms with E-state index in [-0.39, 0.29) is 0 Å². The number of aryl methyl sites for hydroxylation is 1. The molecule has 0 saturated heterocycles. The molecule has 3 rings (SSSR count). The van der Waals surface area contributed by atoms with Gasteiger partial charge in [0.05, 0.1) is 5.52 Å². The Morgan fingerprint density at radius 2 is 1.72 bits per heavy atom. The van der Waals surface area contributed by atoms with Crippen molar-refractivity contribution < 1.29 is 4.39 Å². The van der Waals surface area contributed by atoms with Gasteiger partial charge in [-0.1, -0.05) is 42.5 Å². The molecular formula is C16H12FN. The monoisotopic (exact) mass is 237 g/mol. The molecule has 2 aromatic carbocycles. The van der Waals surface area contributed by atoms with Gasteiger partial charge in [-0.05, 0) is 29.7 Å². The normalized spacial score (nSPS) is 10.8. The van der Waals surface area contributed by atoms with Crippen molar-refractivity contribution in [2.24, 2.45) is 0 Å². The fourth-order valence-electron chi connectivity index (χ4n) is 2.16. The van der Waals surface area contributed by atoms with Crippen LogP contribution in [0.4, 0.5) is 4.39 Å². The first-order chi connectivity index (χ1) is 8.74. The fourth-order valence-corrected chi connectivity index (χ4v) is 2.16. The summed E-state index contributed by atoms with van der Waals surface area (Å²) in [6, 6.07) is 17.2. The van der Waals surface area contributed by atoms with E-state index < -0.39 is 5.95 Å². The van der Waals surface area contributed by atoms with E-state index in [0.717, 1.165) is 22.1 Å². The molecule has 88 valence electrons. The second kappa shape index (κ2) is 4.22. The average molecular weight is 237 g/mol. The van der Waals surface area contributed by atoms with Gasteiger partial charge in [-0.25, -0.2) is 4.98 Å². The zero-order chi connectivity index (χ0) is 12.5. The number of benzene rings is 2. The third-order valence-electron chi connectivity index (χ3n) is 3.02. The Balaban J connectivity index is 2.35. The van der Waals surface area contributed by atoms with Gasteiger partial charge >= 0.3 is 0 Å². The highest BCUT2D eigenvalue weighted by Crippen LogP contribution is 2.28. The molecule has 1 heterocycles. The predicted octanol–water partition coefficient (Wildman–Crippen LogP) is 4.35. The fraction of sp³-hybridized carbons (Fsp3) is 0.0625. The topological polar surface area (TPSA) is 12.9 Å². The molecule has 0 saturated carbocycles. The summed E-state index contributed by atoms with van der Waals surface area (Å²) in [6.45, 7) is 1.98. The molecule has 1 aromatic heterocycles. The molecule has 0 fully saturated rings. The van der Waals surface area contributed by atoms with Crippen LogP contribution in [0.25, 0.3) is 22.0 Å². The molecule has 0 radical (unpaired) electrons. The standard InChI is InChI=1S/C16H12FN/c1-11-7-8-13-14(12-5-3-2-4-6-12)10-16(17)18-15(13)9-11/h2-10H,1H3. The van der Waals surface area contributed by atoms with Gasteiger partial charge in [0.2, 0.25) is 5.95 Å². The quantitative estimate of drug-likeness (QED) is 0.573. The molecule has 0 amide bonds. The van der Waals surface area contributed by atoms with Gasteiger partial charge in [0.1, 0.15) is 0 Å².